The van der Waals surface area contributed by atoms with Gasteiger partial charge in [-0.1, -0.05) is 11.6 Å². The predicted molar refractivity (Wildman–Crippen MR) is 78.8 cm³/mol. The van der Waals surface area contributed by atoms with Crippen LogP contribution in [0.15, 0.2) is 36.8 Å². The Hall–Kier alpha value is -1.91. The van der Waals surface area contributed by atoms with Crippen molar-refractivity contribution in [3.63, 3.8) is 0 Å². The Morgan fingerprint density at radius 1 is 1.30 bits per heavy atom. The summed E-state index contributed by atoms with van der Waals surface area (Å²) in [6.45, 7) is 3.68. The first-order chi connectivity index (χ1) is 9.58. The van der Waals surface area contributed by atoms with Crippen LogP contribution in [-0.2, 0) is 0 Å². The number of aromatic nitrogens is 3. The van der Waals surface area contributed by atoms with E-state index in [0.717, 1.165) is 28.2 Å². The van der Waals surface area contributed by atoms with Gasteiger partial charge in [0.2, 0.25) is 0 Å². The van der Waals surface area contributed by atoms with Gasteiger partial charge in [-0.05, 0) is 37.6 Å². The number of pyridine rings is 2. The highest BCUT2D eigenvalue weighted by atomic mass is 35.5. The molecule has 0 saturated heterocycles. The van der Waals surface area contributed by atoms with E-state index < -0.39 is 6.10 Å². The van der Waals surface area contributed by atoms with Crippen LogP contribution in [0.3, 0.4) is 0 Å². The number of aliphatic hydroxyl groups excluding tert-OH is 1. The Kier molecular flexibility index (Phi) is 3.20. The highest BCUT2D eigenvalue weighted by molar-refractivity contribution is 6.30. The lowest BCUT2D eigenvalue weighted by Crippen LogP contribution is -2.00. The molecule has 0 bridgehead atoms. The standard InChI is InChI=1S/C15H14ClN3O/c1-9-7-12(16)8-19-14(10(2)20)13(18-15(9)19)11-3-5-17-6-4-11/h3-8,10,20H,1-2H3. The van der Waals surface area contributed by atoms with Gasteiger partial charge in [0.05, 0.1) is 22.5 Å². The van der Waals surface area contributed by atoms with Crippen molar-refractivity contribution in [1.82, 2.24) is 14.4 Å². The summed E-state index contributed by atoms with van der Waals surface area (Å²) in [4.78, 5) is 8.67. The zero-order chi connectivity index (χ0) is 14.3. The summed E-state index contributed by atoms with van der Waals surface area (Å²) < 4.78 is 1.86. The molecular formula is C15H14ClN3O. The quantitative estimate of drug-likeness (QED) is 0.786. The molecule has 0 aliphatic rings. The maximum absolute atomic E-state index is 10.1. The minimum atomic E-state index is -0.647. The summed E-state index contributed by atoms with van der Waals surface area (Å²) in [7, 11) is 0. The molecule has 0 saturated carbocycles. The molecule has 0 radical (unpaired) electrons. The Morgan fingerprint density at radius 2 is 2.00 bits per heavy atom. The summed E-state index contributed by atoms with van der Waals surface area (Å²) >= 11 is 6.12. The molecule has 3 heterocycles. The van der Waals surface area contributed by atoms with Gasteiger partial charge >= 0.3 is 0 Å². The van der Waals surface area contributed by atoms with Crippen molar-refractivity contribution in [3.05, 3.63) is 53.1 Å². The number of imidazole rings is 1. The number of halogens is 1. The van der Waals surface area contributed by atoms with Crippen LogP contribution in [0.5, 0.6) is 0 Å². The van der Waals surface area contributed by atoms with Crippen LogP contribution < -0.4 is 0 Å². The highest BCUT2D eigenvalue weighted by Gasteiger charge is 2.19. The molecule has 1 atom stereocenters. The molecule has 4 nitrogen and oxygen atoms in total. The van der Waals surface area contributed by atoms with E-state index in [1.807, 2.05) is 29.5 Å². The van der Waals surface area contributed by atoms with E-state index in [1.165, 1.54) is 0 Å². The van der Waals surface area contributed by atoms with Crippen LogP contribution >= 0.6 is 11.6 Å². The molecule has 102 valence electrons. The van der Waals surface area contributed by atoms with Gasteiger partial charge in [-0.2, -0.15) is 0 Å². The lowest BCUT2D eigenvalue weighted by atomic mass is 10.1. The van der Waals surface area contributed by atoms with Crippen LogP contribution in [0.1, 0.15) is 24.3 Å². The van der Waals surface area contributed by atoms with E-state index in [0.29, 0.717) is 5.02 Å². The molecule has 20 heavy (non-hydrogen) atoms. The summed E-state index contributed by atoms with van der Waals surface area (Å²) in [5.74, 6) is 0. The molecule has 0 fully saturated rings. The van der Waals surface area contributed by atoms with Gasteiger partial charge in [-0.3, -0.25) is 9.38 Å². The first-order valence-corrected chi connectivity index (χ1v) is 6.72. The predicted octanol–water partition coefficient (Wildman–Crippen LogP) is 3.41. The lowest BCUT2D eigenvalue weighted by Gasteiger charge is -2.08. The van der Waals surface area contributed by atoms with Crippen LogP contribution in [0.4, 0.5) is 0 Å². The van der Waals surface area contributed by atoms with Crippen molar-refractivity contribution in [3.8, 4) is 11.3 Å². The van der Waals surface area contributed by atoms with Crippen LogP contribution in [0.25, 0.3) is 16.9 Å². The van der Waals surface area contributed by atoms with Crippen LogP contribution in [-0.4, -0.2) is 19.5 Å². The van der Waals surface area contributed by atoms with Crippen molar-refractivity contribution in [1.29, 1.82) is 0 Å². The van der Waals surface area contributed by atoms with E-state index in [1.54, 1.807) is 25.5 Å². The third kappa shape index (κ3) is 2.07. The summed E-state index contributed by atoms with van der Waals surface area (Å²) in [5, 5.41) is 10.7. The molecule has 3 aromatic heterocycles. The van der Waals surface area contributed by atoms with Crippen molar-refractivity contribution in [2.24, 2.45) is 0 Å². The number of nitrogens with zero attached hydrogens (tertiary/aromatic N) is 3. The van der Waals surface area contributed by atoms with E-state index in [-0.39, 0.29) is 0 Å². The lowest BCUT2D eigenvalue weighted by molar-refractivity contribution is 0.194. The average molecular weight is 288 g/mol. The second-order valence-corrected chi connectivity index (χ2v) is 5.23. The van der Waals surface area contributed by atoms with Crippen LogP contribution in [0, 0.1) is 6.92 Å². The van der Waals surface area contributed by atoms with Gasteiger partial charge in [0, 0.05) is 24.2 Å². The number of rotatable bonds is 2. The molecule has 0 spiro atoms. The van der Waals surface area contributed by atoms with Crippen LogP contribution in [0.2, 0.25) is 5.02 Å². The summed E-state index contributed by atoms with van der Waals surface area (Å²) in [6.07, 6.45) is 4.56. The number of hydrogen-bond acceptors (Lipinski definition) is 3. The highest BCUT2D eigenvalue weighted by Crippen LogP contribution is 2.30. The smallest absolute Gasteiger partial charge is 0.140 e. The zero-order valence-electron chi connectivity index (χ0n) is 11.2. The Labute approximate surface area is 121 Å². The molecule has 1 unspecified atom stereocenters. The van der Waals surface area contributed by atoms with Gasteiger partial charge in [-0.25, -0.2) is 4.98 Å². The maximum atomic E-state index is 10.1. The van der Waals surface area contributed by atoms with Gasteiger partial charge in [0.1, 0.15) is 5.65 Å². The average Bonchev–Trinajstić information content (AvgIpc) is 2.79. The molecule has 3 aromatic rings. The van der Waals surface area contributed by atoms with Crippen molar-refractivity contribution in [2.45, 2.75) is 20.0 Å². The van der Waals surface area contributed by atoms with Crippen molar-refractivity contribution >= 4 is 17.2 Å². The fraction of sp³-hybridized carbons (Fsp3) is 0.200. The fourth-order valence-corrected chi connectivity index (χ4v) is 2.67. The molecular weight excluding hydrogens is 274 g/mol. The first kappa shape index (κ1) is 13.1. The number of hydrogen-bond donors (Lipinski definition) is 1. The maximum Gasteiger partial charge on any atom is 0.140 e. The van der Waals surface area contributed by atoms with E-state index in [2.05, 4.69) is 9.97 Å². The molecule has 0 aliphatic heterocycles. The van der Waals surface area contributed by atoms with Gasteiger partial charge in [0.15, 0.2) is 0 Å². The monoisotopic (exact) mass is 287 g/mol. The normalized spacial score (nSPS) is 12.8. The largest absolute Gasteiger partial charge is 0.387 e. The minimum absolute atomic E-state index is 0.621. The third-order valence-electron chi connectivity index (χ3n) is 3.26. The van der Waals surface area contributed by atoms with Gasteiger partial charge in [0.25, 0.3) is 0 Å². The molecule has 1 N–H and O–H groups in total. The molecule has 3 rings (SSSR count). The second kappa shape index (κ2) is 4.89. The van der Waals surface area contributed by atoms with E-state index >= 15 is 0 Å². The molecule has 0 aromatic carbocycles. The van der Waals surface area contributed by atoms with Gasteiger partial charge in [-0.15, -0.1) is 0 Å². The van der Waals surface area contributed by atoms with Crippen molar-refractivity contribution in [2.75, 3.05) is 0 Å². The van der Waals surface area contributed by atoms with Crippen molar-refractivity contribution < 1.29 is 5.11 Å². The SMILES string of the molecule is Cc1cc(Cl)cn2c(C(C)O)c(-c3ccncc3)nc12. The number of aliphatic hydroxyl groups is 1. The molecule has 0 amide bonds. The minimum Gasteiger partial charge on any atom is -0.387 e. The van der Waals surface area contributed by atoms with E-state index in [4.69, 9.17) is 11.6 Å². The molecule has 5 heteroatoms. The Morgan fingerprint density at radius 3 is 2.65 bits per heavy atom. The second-order valence-electron chi connectivity index (χ2n) is 4.79. The third-order valence-corrected chi connectivity index (χ3v) is 3.46. The summed E-state index contributed by atoms with van der Waals surface area (Å²) in [5.41, 5.74) is 4.19. The summed E-state index contributed by atoms with van der Waals surface area (Å²) in [6, 6.07) is 5.63. The Balaban J connectivity index is 2.38. The number of aryl methyl sites for hydroxylation is 1. The van der Waals surface area contributed by atoms with Gasteiger partial charge < -0.3 is 5.11 Å². The Bertz CT molecular complexity index is 766. The first-order valence-electron chi connectivity index (χ1n) is 6.34. The topological polar surface area (TPSA) is 50.4 Å². The van der Waals surface area contributed by atoms with E-state index in [9.17, 15) is 5.11 Å². The molecule has 0 aliphatic carbocycles. The zero-order valence-corrected chi connectivity index (χ0v) is 12.0. The number of fused-ring (bicyclic) bond motifs is 1. The fourth-order valence-electron chi connectivity index (χ4n) is 2.41.